The van der Waals surface area contributed by atoms with Crippen LogP contribution in [0, 0.1) is 6.92 Å². The van der Waals surface area contributed by atoms with Crippen LogP contribution in [-0.4, -0.2) is 43.6 Å². The highest BCUT2D eigenvalue weighted by molar-refractivity contribution is 5.93. The molecule has 1 aromatic carbocycles. The van der Waals surface area contributed by atoms with Crippen molar-refractivity contribution in [3.63, 3.8) is 0 Å². The number of nitrogens with zero attached hydrogens (tertiary/aromatic N) is 5. The van der Waals surface area contributed by atoms with Crippen LogP contribution < -0.4 is 5.32 Å². The Morgan fingerprint density at radius 1 is 1.07 bits per heavy atom. The summed E-state index contributed by atoms with van der Waals surface area (Å²) >= 11 is 0. The number of carbonyl (C=O) groups is 1. The molecule has 7 nitrogen and oxygen atoms in total. The first-order valence-electron chi connectivity index (χ1n) is 9.57. The van der Waals surface area contributed by atoms with E-state index in [2.05, 4.69) is 61.2 Å². The standard InChI is InChI=1S/C21H24N6O/c1-16-4-2-3-5-18(16)15-26-11-8-19-24-25-20(27(19)13-12-26)14-23-21(28)17-6-9-22-10-7-17/h2-7,9-10H,8,11-15H2,1H3,(H,23,28). The fourth-order valence-corrected chi connectivity index (χ4v) is 3.51. The van der Waals surface area contributed by atoms with Gasteiger partial charge in [0.25, 0.3) is 5.91 Å². The van der Waals surface area contributed by atoms with Crippen LogP contribution in [0.1, 0.15) is 33.1 Å². The molecule has 0 bridgehead atoms. The second kappa shape index (κ2) is 8.31. The van der Waals surface area contributed by atoms with E-state index >= 15 is 0 Å². The molecule has 1 amide bonds. The summed E-state index contributed by atoms with van der Waals surface area (Å²) in [5, 5.41) is 11.6. The van der Waals surface area contributed by atoms with E-state index in [1.807, 2.05) is 0 Å². The van der Waals surface area contributed by atoms with Gasteiger partial charge in [0, 0.05) is 50.6 Å². The number of nitrogens with one attached hydrogen (secondary N) is 1. The zero-order chi connectivity index (χ0) is 19.3. The van der Waals surface area contributed by atoms with E-state index in [-0.39, 0.29) is 5.91 Å². The Balaban J connectivity index is 1.38. The lowest BCUT2D eigenvalue weighted by Gasteiger charge is -2.20. The molecule has 3 heterocycles. The van der Waals surface area contributed by atoms with Crippen molar-refractivity contribution in [1.82, 2.24) is 30.0 Å². The van der Waals surface area contributed by atoms with E-state index in [1.165, 1.54) is 11.1 Å². The molecule has 0 spiro atoms. The van der Waals surface area contributed by atoms with Gasteiger partial charge < -0.3 is 9.88 Å². The molecule has 7 heteroatoms. The molecule has 144 valence electrons. The van der Waals surface area contributed by atoms with Crippen LogP contribution in [-0.2, 0) is 26.1 Å². The first-order valence-corrected chi connectivity index (χ1v) is 9.57. The highest BCUT2D eigenvalue weighted by atomic mass is 16.1. The smallest absolute Gasteiger partial charge is 0.251 e. The molecule has 1 aliphatic rings. The molecule has 0 aliphatic carbocycles. The van der Waals surface area contributed by atoms with Crippen molar-refractivity contribution in [2.75, 3.05) is 13.1 Å². The number of aryl methyl sites for hydroxylation is 1. The van der Waals surface area contributed by atoms with E-state index in [9.17, 15) is 4.79 Å². The Morgan fingerprint density at radius 3 is 2.71 bits per heavy atom. The summed E-state index contributed by atoms with van der Waals surface area (Å²) in [5.41, 5.74) is 3.28. The van der Waals surface area contributed by atoms with Gasteiger partial charge in [0.15, 0.2) is 5.82 Å². The molecular weight excluding hydrogens is 352 g/mol. The van der Waals surface area contributed by atoms with Crippen molar-refractivity contribution < 1.29 is 4.79 Å². The topological polar surface area (TPSA) is 75.9 Å². The molecule has 28 heavy (non-hydrogen) atoms. The molecule has 2 aromatic heterocycles. The van der Waals surface area contributed by atoms with Gasteiger partial charge in [-0.05, 0) is 30.2 Å². The first-order chi connectivity index (χ1) is 13.7. The van der Waals surface area contributed by atoms with Crippen molar-refractivity contribution in [2.24, 2.45) is 0 Å². The van der Waals surface area contributed by atoms with Crippen LogP contribution in [0.2, 0.25) is 0 Å². The normalized spacial score (nSPS) is 14.3. The van der Waals surface area contributed by atoms with E-state index < -0.39 is 0 Å². The van der Waals surface area contributed by atoms with Crippen LogP contribution in [0.25, 0.3) is 0 Å². The third-order valence-electron chi connectivity index (χ3n) is 5.20. The van der Waals surface area contributed by atoms with Crippen LogP contribution >= 0.6 is 0 Å². The van der Waals surface area contributed by atoms with Crippen LogP contribution in [0.3, 0.4) is 0 Å². The summed E-state index contributed by atoms with van der Waals surface area (Å²) in [5.74, 6) is 1.66. The number of hydrogen-bond acceptors (Lipinski definition) is 5. The number of pyridine rings is 1. The SMILES string of the molecule is Cc1ccccc1CN1CCc2nnc(CNC(=O)c3ccncc3)n2CC1. The lowest BCUT2D eigenvalue weighted by Crippen LogP contribution is -2.28. The number of fused-ring (bicyclic) bond motifs is 1. The number of carbonyl (C=O) groups excluding carboxylic acids is 1. The Bertz CT molecular complexity index is 953. The number of hydrogen-bond donors (Lipinski definition) is 1. The lowest BCUT2D eigenvalue weighted by atomic mass is 10.1. The van der Waals surface area contributed by atoms with Crippen molar-refractivity contribution in [3.05, 3.63) is 77.1 Å². The average Bonchev–Trinajstić information content (AvgIpc) is 3.01. The summed E-state index contributed by atoms with van der Waals surface area (Å²) in [4.78, 5) is 18.7. The Hall–Kier alpha value is -3.06. The Labute approximate surface area is 164 Å². The molecule has 1 aliphatic heterocycles. The fourth-order valence-electron chi connectivity index (χ4n) is 3.51. The number of aromatic nitrogens is 4. The van der Waals surface area contributed by atoms with Crippen molar-refractivity contribution in [2.45, 2.75) is 33.0 Å². The van der Waals surface area contributed by atoms with Gasteiger partial charge in [-0.1, -0.05) is 24.3 Å². The predicted octanol–water partition coefficient (Wildman–Crippen LogP) is 1.97. The van der Waals surface area contributed by atoms with Gasteiger partial charge in [-0.3, -0.25) is 14.7 Å². The van der Waals surface area contributed by atoms with Gasteiger partial charge in [-0.15, -0.1) is 10.2 Å². The minimum absolute atomic E-state index is 0.130. The van der Waals surface area contributed by atoms with Gasteiger partial charge in [0.1, 0.15) is 5.82 Å². The van der Waals surface area contributed by atoms with Crippen LogP contribution in [0.5, 0.6) is 0 Å². The molecule has 1 N–H and O–H groups in total. The molecule has 0 saturated carbocycles. The van der Waals surface area contributed by atoms with Crippen LogP contribution in [0.15, 0.2) is 48.8 Å². The third-order valence-corrected chi connectivity index (χ3v) is 5.20. The summed E-state index contributed by atoms with van der Waals surface area (Å²) in [7, 11) is 0. The average molecular weight is 376 g/mol. The van der Waals surface area contributed by atoms with E-state index in [4.69, 9.17) is 0 Å². The summed E-state index contributed by atoms with van der Waals surface area (Å²) < 4.78 is 2.14. The second-order valence-electron chi connectivity index (χ2n) is 7.06. The fraction of sp³-hybridized carbons (Fsp3) is 0.333. The Kier molecular flexibility index (Phi) is 5.43. The molecule has 0 unspecified atom stereocenters. The zero-order valence-corrected chi connectivity index (χ0v) is 16.0. The number of rotatable bonds is 5. The van der Waals surface area contributed by atoms with Crippen LogP contribution in [0.4, 0.5) is 0 Å². The maximum atomic E-state index is 12.3. The third kappa shape index (κ3) is 4.09. The highest BCUT2D eigenvalue weighted by Crippen LogP contribution is 2.15. The first kappa shape index (κ1) is 18.3. The summed E-state index contributed by atoms with van der Waals surface area (Å²) in [6.07, 6.45) is 4.08. The summed E-state index contributed by atoms with van der Waals surface area (Å²) in [6, 6.07) is 11.9. The number of benzene rings is 1. The minimum Gasteiger partial charge on any atom is -0.345 e. The monoisotopic (exact) mass is 376 g/mol. The van der Waals surface area contributed by atoms with Gasteiger partial charge in [-0.25, -0.2) is 0 Å². The van der Waals surface area contributed by atoms with Gasteiger partial charge in [0.2, 0.25) is 0 Å². The lowest BCUT2D eigenvalue weighted by molar-refractivity contribution is 0.0949. The number of amides is 1. The molecule has 0 radical (unpaired) electrons. The van der Waals surface area contributed by atoms with Gasteiger partial charge in [-0.2, -0.15) is 0 Å². The predicted molar refractivity (Wildman–Crippen MR) is 106 cm³/mol. The largest absolute Gasteiger partial charge is 0.345 e. The Morgan fingerprint density at radius 2 is 1.89 bits per heavy atom. The van der Waals surface area contributed by atoms with Crippen molar-refractivity contribution in [3.8, 4) is 0 Å². The molecule has 0 fully saturated rings. The molecular formula is C21H24N6O. The van der Waals surface area contributed by atoms with E-state index in [0.717, 1.165) is 44.2 Å². The zero-order valence-electron chi connectivity index (χ0n) is 16.0. The molecule has 3 aromatic rings. The maximum absolute atomic E-state index is 12.3. The second-order valence-corrected chi connectivity index (χ2v) is 7.06. The molecule has 0 saturated heterocycles. The minimum atomic E-state index is -0.130. The van der Waals surface area contributed by atoms with E-state index in [1.54, 1.807) is 24.5 Å². The summed E-state index contributed by atoms with van der Waals surface area (Å²) in [6.45, 7) is 6.19. The molecule has 4 rings (SSSR count). The quantitative estimate of drug-likeness (QED) is 0.737. The maximum Gasteiger partial charge on any atom is 0.251 e. The van der Waals surface area contributed by atoms with Crippen molar-refractivity contribution in [1.29, 1.82) is 0 Å². The van der Waals surface area contributed by atoms with Gasteiger partial charge in [0.05, 0.1) is 6.54 Å². The highest BCUT2D eigenvalue weighted by Gasteiger charge is 2.19. The van der Waals surface area contributed by atoms with Crippen molar-refractivity contribution >= 4 is 5.91 Å². The molecule has 0 atom stereocenters. The van der Waals surface area contributed by atoms with E-state index in [0.29, 0.717) is 12.1 Å². The van der Waals surface area contributed by atoms with Gasteiger partial charge >= 0.3 is 0 Å².